The Morgan fingerprint density at radius 3 is 2.38 bits per heavy atom. The molecule has 5 heteroatoms. The molecule has 0 N–H and O–H groups in total. The number of amides is 1. The van der Waals surface area contributed by atoms with Crippen LogP contribution in [0.3, 0.4) is 0 Å². The summed E-state index contributed by atoms with van der Waals surface area (Å²) in [4.78, 5) is 17.6. The zero-order valence-corrected chi connectivity index (χ0v) is 15.2. The van der Waals surface area contributed by atoms with Gasteiger partial charge in [-0.1, -0.05) is 31.0 Å². The van der Waals surface area contributed by atoms with E-state index in [4.69, 9.17) is 0 Å². The molecule has 2 aliphatic rings. The number of benzene rings is 1. The van der Waals surface area contributed by atoms with Crippen molar-refractivity contribution in [1.82, 2.24) is 9.80 Å². The molecule has 4 nitrogen and oxygen atoms in total. The van der Waals surface area contributed by atoms with Crippen LogP contribution in [0, 0.1) is 5.92 Å². The molecule has 1 amide bonds. The van der Waals surface area contributed by atoms with E-state index in [0.29, 0.717) is 17.6 Å². The van der Waals surface area contributed by atoms with Crippen LogP contribution in [0.2, 0.25) is 0 Å². The molecule has 1 atom stereocenters. The summed E-state index contributed by atoms with van der Waals surface area (Å²) in [5.74, 6) is 1.64. The highest BCUT2D eigenvalue weighted by Crippen LogP contribution is 2.28. The summed E-state index contributed by atoms with van der Waals surface area (Å²) in [6.07, 6.45) is 5.81. The number of nitrogens with zero attached hydrogens (tertiary/aromatic N) is 2. The van der Waals surface area contributed by atoms with E-state index in [1.165, 1.54) is 25.7 Å². The van der Waals surface area contributed by atoms with Gasteiger partial charge < -0.3 is 4.90 Å². The summed E-state index contributed by atoms with van der Waals surface area (Å²) in [6, 6.07) is 9.66. The van der Waals surface area contributed by atoms with Gasteiger partial charge in [-0.25, -0.2) is 0 Å². The first-order chi connectivity index (χ1) is 11.7. The van der Waals surface area contributed by atoms with Crippen LogP contribution in [0.4, 0.5) is 0 Å². The van der Waals surface area contributed by atoms with Crippen molar-refractivity contribution >= 4 is 16.7 Å². The van der Waals surface area contributed by atoms with Gasteiger partial charge in [-0.2, -0.15) is 0 Å². The smallest absolute Gasteiger partial charge is 0.222 e. The van der Waals surface area contributed by atoms with Gasteiger partial charge in [-0.15, -0.1) is 0 Å². The average Bonchev–Trinajstić information content (AvgIpc) is 3.14. The van der Waals surface area contributed by atoms with Gasteiger partial charge in [0.05, 0.1) is 10.8 Å². The molecule has 1 aromatic carbocycles. The number of rotatable bonds is 6. The normalized spacial score (nSPS) is 21.1. The second-order valence-corrected chi connectivity index (χ2v) is 8.51. The van der Waals surface area contributed by atoms with Crippen molar-refractivity contribution < 1.29 is 9.00 Å². The van der Waals surface area contributed by atoms with Crippen LogP contribution < -0.4 is 0 Å². The molecule has 1 heterocycles. The molecule has 0 aromatic heterocycles. The zero-order chi connectivity index (χ0) is 16.8. The fraction of sp³-hybridized carbons (Fsp3) is 0.632. The van der Waals surface area contributed by atoms with Crippen LogP contribution in [0.5, 0.6) is 0 Å². The first-order valence-corrected chi connectivity index (χ1v) is 10.5. The van der Waals surface area contributed by atoms with Gasteiger partial charge >= 0.3 is 0 Å². The van der Waals surface area contributed by atoms with E-state index in [1.807, 2.05) is 35.2 Å². The third-order valence-electron chi connectivity index (χ3n) is 5.26. The maximum absolute atomic E-state index is 12.4. The number of hydrogen-bond acceptors (Lipinski definition) is 3. The Morgan fingerprint density at radius 2 is 1.71 bits per heavy atom. The lowest BCUT2D eigenvalue weighted by Crippen LogP contribution is -2.49. The van der Waals surface area contributed by atoms with Crippen LogP contribution in [-0.4, -0.2) is 58.4 Å². The highest BCUT2D eigenvalue weighted by Gasteiger charge is 2.25. The standard InChI is InChI=1S/C19H28N2O2S/c22-19(16-17-6-4-5-7-17)21-12-10-20(11-13-21)14-15-24(23)18-8-2-1-3-9-18/h1-3,8-9,17H,4-7,10-16H2. The van der Waals surface area contributed by atoms with Crippen LogP contribution in [-0.2, 0) is 15.6 Å². The van der Waals surface area contributed by atoms with Crippen molar-refractivity contribution in [1.29, 1.82) is 0 Å². The Labute approximate surface area is 147 Å². The Morgan fingerprint density at radius 1 is 1.04 bits per heavy atom. The maximum atomic E-state index is 12.4. The highest BCUT2D eigenvalue weighted by atomic mass is 32.2. The van der Waals surface area contributed by atoms with Crippen molar-refractivity contribution in [3.8, 4) is 0 Å². The van der Waals surface area contributed by atoms with E-state index >= 15 is 0 Å². The molecule has 0 bridgehead atoms. The van der Waals surface area contributed by atoms with E-state index in [9.17, 15) is 9.00 Å². The minimum Gasteiger partial charge on any atom is -0.340 e. The van der Waals surface area contributed by atoms with Gasteiger partial charge in [0, 0.05) is 49.8 Å². The van der Waals surface area contributed by atoms with Gasteiger partial charge in [0.2, 0.25) is 5.91 Å². The zero-order valence-electron chi connectivity index (χ0n) is 14.4. The monoisotopic (exact) mass is 348 g/mol. The van der Waals surface area contributed by atoms with Gasteiger partial charge in [-0.3, -0.25) is 13.9 Å². The largest absolute Gasteiger partial charge is 0.340 e. The number of hydrogen-bond donors (Lipinski definition) is 0. The summed E-state index contributed by atoms with van der Waals surface area (Å²) in [5, 5.41) is 0. The molecule has 0 radical (unpaired) electrons. The minimum atomic E-state index is -0.928. The quantitative estimate of drug-likeness (QED) is 0.793. The molecule has 1 aromatic rings. The van der Waals surface area contributed by atoms with Gasteiger partial charge in [0.15, 0.2) is 0 Å². The summed E-state index contributed by atoms with van der Waals surface area (Å²) < 4.78 is 12.3. The van der Waals surface area contributed by atoms with Crippen LogP contribution in [0.25, 0.3) is 0 Å². The van der Waals surface area contributed by atoms with E-state index in [0.717, 1.165) is 44.0 Å². The molecule has 3 rings (SSSR count). The molecule has 0 spiro atoms. The lowest BCUT2D eigenvalue weighted by atomic mass is 10.0. The summed E-state index contributed by atoms with van der Waals surface area (Å²) in [7, 11) is -0.928. The second-order valence-electron chi connectivity index (χ2n) is 6.94. The van der Waals surface area contributed by atoms with Crippen molar-refractivity contribution in [3.05, 3.63) is 30.3 Å². The van der Waals surface area contributed by atoms with E-state index < -0.39 is 10.8 Å². The van der Waals surface area contributed by atoms with Crippen molar-refractivity contribution in [3.63, 3.8) is 0 Å². The van der Waals surface area contributed by atoms with Crippen molar-refractivity contribution in [2.24, 2.45) is 5.92 Å². The van der Waals surface area contributed by atoms with Gasteiger partial charge in [0.1, 0.15) is 0 Å². The fourth-order valence-corrected chi connectivity index (χ4v) is 4.83. The first-order valence-electron chi connectivity index (χ1n) is 9.16. The molecule has 1 unspecified atom stereocenters. The lowest BCUT2D eigenvalue weighted by Gasteiger charge is -2.35. The van der Waals surface area contributed by atoms with E-state index in [1.54, 1.807) is 0 Å². The highest BCUT2D eigenvalue weighted by molar-refractivity contribution is 7.85. The predicted molar refractivity (Wildman–Crippen MR) is 97.3 cm³/mol. The third kappa shape index (κ3) is 4.90. The van der Waals surface area contributed by atoms with Crippen molar-refractivity contribution in [2.45, 2.75) is 37.0 Å². The fourth-order valence-electron chi connectivity index (χ4n) is 3.71. The van der Waals surface area contributed by atoms with E-state index in [-0.39, 0.29) is 0 Å². The van der Waals surface area contributed by atoms with Crippen molar-refractivity contribution in [2.75, 3.05) is 38.5 Å². The Balaban J connectivity index is 1.37. The number of carbonyl (C=O) groups is 1. The summed E-state index contributed by atoms with van der Waals surface area (Å²) >= 11 is 0. The second kappa shape index (κ2) is 8.77. The predicted octanol–water partition coefficient (Wildman–Crippen LogP) is 2.52. The molecule has 132 valence electrons. The molecular formula is C19H28N2O2S. The molecule has 1 saturated carbocycles. The first kappa shape index (κ1) is 17.6. The molecule has 24 heavy (non-hydrogen) atoms. The Kier molecular flexibility index (Phi) is 6.44. The van der Waals surface area contributed by atoms with Gasteiger partial charge in [0.25, 0.3) is 0 Å². The molecular weight excluding hydrogens is 320 g/mol. The molecule has 1 saturated heterocycles. The maximum Gasteiger partial charge on any atom is 0.222 e. The lowest BCUT2D eigenvalue weighted by molar-refractivity contribution is -0.133. The third-order valence-corrected chi connectivity index (χ3v) is 6.61. The average molecular weight is 349 g/mol. The van der Waals surface area contributed by atoms with E-state index in [2.05, 4.69) is 4.90 Å². The van der Waals surface area contributed by atoms with Crippen LogP contribution in [0.15, 0.2) is 35.2 Å². The Bertz CT molecular complexity index is 550. The SMILES string of the molecule is O=C(CC1CCCC1)N1CCN(CCS(=O)c2ccccc2)CC1. The number of carbonyl (C=O) groups excluding carboxylic acids is 1. The molecule has 1 aliphatic heterocycles. The minimum absolute atomic E-state index is 0.342. The Hall–Kier alpha value is -1.20. The topological polar surface area (TPSA) is 40.6 Å². The number of piperazine rings is 1. The molecule has 1 aliphatic carbocycles. The van der Waals surface area contributed by atoms with Crippen LogP contribution in [0.1, 0.15) is 32.1 Å². The summed E-state index contributed by atoms with van der Waals surface area (Å²) in [5.41, 5.74) is 0. The van der Waals surface area contributed by atoms with Crippen LogP contribution >= 0.6 is 0 Å². The molecule has 2 fully saturated rings. The summed E-state index contributed by atoms with van der Waals surface area (Å²) in [6.45, 7) is 4.30. The van der Waals surface area contributed by atoms with Gasteiger partial charge in [-0.05, 0) is 30.9 Å².